The van der Waals surface area contributed by atoms with Gasteiger partial charge in [0.1, 0.15) is 4.90 Å². The fourth-order valence-electron chi connectivity index (χ4n) is 4.89. The van der Waals surface area contributed by atoms with E-state index in [4.69, 9.17) is 11.6 Å². The van der Waals surface area contributed by atoms with E-state index in [2.05, 4.69) is 14.8 Å². The normalized spacial score (nSPS) is 17.7. The van der Waals surface area contributed by atoms with Crippen LogP contribution in [0.2, 0.25) is 5.02 Å². The summed E-state index contributed by atoms with van der Waals surface area (Å²) in [6, 6.07) is 12.8. The Kier molecular flexibility index (Phi) is 5.99. The molecule has 2 saturated heterocycles. The monoisotopic (exact) mass is 469 g/mol. The fourth-order valence-corrected chi connectivity index (χ4v) is 6.49. The summed E-state index contributed by atoms with van der Waals surface area (Å²) in [6.07, 6.45) is 8.42. The SMILES string of the molecule is O=S(=O)(c1ccc(N2CCCCC2)cc1)c1cnc2ccc(Cl)cc2c1N1CCCCC1. The molecule has 3 heterocycles. The van der Waals surface area contributed by atoms with Gasteiger partial charge in [-0.15, -0.1) is 0 Å². The van der Waals surface area contributed by atoms with Gasteiger partial charge in [-0.3, -0.25) is 4.98 Å². The van der Waals surface area contributed by atoms with Crippen LogP contribution in [0.15, 0.2) is 58.5 Å². The smallest absolute Gasteiger partial charge is 0.210 e. The molecule has 2 aliphatic rings. The summed E-state index contributed by atoms with van der Waals surface area (Å²) in [6.45, 7) is 3.73. The van der Waals surface area contributed by atoms with Crippen molar-refractivity contribution in [1.82, 2.24) is 4.98 Å². The number of halogens is 1. The predicted molar refractivity (Wildman–Crippen MR) is 131 cm³/mol. The molecular weight excluding hydrogens is 442 g/mol. The van der Waals surface area contributed by atoms with Gasteiger partial charge in [-0.1, -0.05) is 11.6 Å². The third kappa shape index (κ3) is 4.06. The number of rotatable bonds is 4. The van der Waals surface area contributed by atoms with E-state index in [1.165, 1.54) is 31.9 Å². The first-order valence-electron chi connectivity index (χ1n) is 11.5. The van der Waals surface area contributed by atoms with Gasteiger partial charge < -0.3 is 9.80 Å². The Morgan fingerprint density at radius 3 is 2.06 bits per heavy atom. The van der Waals surface area contributed by atoms with Crippen LogP contribution in [0.1, 0.15) is 38.5 Å². The van der Waals surface area contributed by atoms with Gasteiger partial charge in [0.05, 0.1) is 16.1 Å². The summed E-state index contributed by atoms with van der Waals surface area (Å²) in [5.74, 6) is 0. The molecule has 7 heteroatoms. The van der Waals surface area contributed by atoms with Crippen molar-refractivity contribution in [3.63, 3.8) is 0 Å². The third-order valence-electron chi connectivity index (χ3n) is 6.60. The molecule has 0 saturated carbocycles. The zero-order valence-corrected chi connectivity index (χ0v) is 19.7. The molecule has 2 aliphatic heterocycles. The molecule has 0 amide bonds. The number of aromatic nitrogens is 1. The van der Waals surface area contributed by atoms with Crippen LogP contribution < -0.4 is 9.80 Å². The van der Waals surface area contributed by atoms with Crippen molar-refractivity contribution in [2.75, 3.05) is 36.0 Å². The number of hydrogen-bond donors (Lipinski definition) is 0. The molecule has 0 spiro atoms. The molecule has 32 heavy (non-hydrogen) atoms. The summed E-state index contributed by atoms with van der Waals surface area (Å²) in [7, 11) is -3.74. The number of hydrogen-bond acceptors (Lipinski definition) is 5. The second-order valence-corrected chi connectivity index (χ2v) is 11.1. The number of fused-ring (bicyclic) bond motifs is 1. The highest BCUT2D eigenvalue weighted by Gasteiger charge is 2.28. The Morgan fingerprint density at radius 1 is 0.781 bits per heavy atom. The van der Waals surface area contributed by atoms with Crippen molar-refractivity contribution >= 4 is 43.7 Å². The Morgan fingerprint density at radius 2 is 1.41 bits per heavy atom. The highest BCUT2D eigenvalue weighted by atomic mass is 35.5. The Bertz CT molecular complexity index is 1220. The second-order valence-electron chi connectivity index (χ2n) is 8.73. The van der Waals surface area contributed by atoms with Gasteiger partial charge in [-0.05, 0) is 81.0 Å². The molecule has 2 fully saturated rings. The second kappa shape index (κ2) is 8.91. The van der Waals surface area contributed by atoms with Gasteiger partial charge in [-0.2, -0.15) is 0 Å². The molecule has 0 radical (unpaired) electrons. The van der Waals surface area contributed by atoms with Gasteiger partial charge in [0, 0.05) is 48.5 Å². The largest absolute Gasteiger partial charge is 0.372 e. The lowest BCUT2D eigenvalue weighted by atomic mass is 10.1. The number of benzene rings is 2. The zero-order valence-electron chi connectivity index (χ0n) is 18.1. The third-order valence-corrected chi connectivity index (χ3v) is 8.60. The summed E-state index contributed by atoms with van der Waals surface area (Å²) in [5.41, 5.74) is 2.58. The van der Waals surface area contributed by atoms with Gasteiger partial charge in [0.25, 0.3) is 0 Å². The van der Waals surface area contributed by atoms with Crippen LogP contribution in [0.4, 0.5) is 11.4 Å². The maximum Gasteiger partial charge on any atom is 0.210 e. The number of pyridine rings is 1. The van der Waals surface area contributed by atoms with E-state index in [0.717, 1.165) is 61.3 Å². The number of nitrogens with zero attached hydrogens (tertiary/aromatic N) is 3. The lowest BCUT2D eigenvalue weighted by Crippen LogP contribution is -2.31. The molecule has 2 aromatic carbocycles. The number of anilines is 2. The van der Waals surface area contributed by atoms with E-state index in [-0.39, 0.29) is 4.90 Å². The van der Waals surface area contributed by atoms with E-state index in [1.807, 2.05) is 24.3 Å². The summed E-state index contributed by atoms with van der Waals surface area (Å²) >= 11 is 6.30. The molecule has 3 aromatic rings. The molecule has 5 nitrogen and oxygen atoms in total. The van der Waals surface area contributed by atoms with Crippen LogP contribution in [0.5, 0.6) is 0 Å². The Balaban J connectivity index is 1.59. The lowest BCUT2D eigenvalue weighted by Gasteiger charge is -2.31. The van der Waals surface area contributed by atoms with Gasteiger partial charge in [0.2, 0.25) is 9.84 Å². The molecule has 1 aromatic heterocycles. The molecule has 5 rings (SSSR count). The molecule has 0 aliphatic carbocycles. The minimum absolute atomic E-state index is 0.264. The molecule has 0 bridgehead atoms. The standard InChI is InChI=1S/C25H28ClN3O2S/c26-19-7-12-23-22(17-19)25(29-15-5-2-6-16-29)24(18-27-23)32(30,31)21-10-8-20(9-11-21)28-13-3-1-4-14-28/h7-12,17-18H,1-6,13-16H2. The maximum atomic E-state index is 13.8. The van der Waals surface area contributed by atoms with Gasteiger partial charge in [0.15, 0.2) is 0 Å². The maximum absolute atomic E-state index is 13.8. The van der Waals surface area contributed by atoms with Crippen molar-refractivity contribution in [3.05, 3.63) is 53.7 Å². The van der Waals surface area contributed by atoms with Crippen LogP contribution >= 0.6 is 11.6 Å². The van der Waals surface area contributed by atoms with Gasteiger partial charge >= 0.3 is 0 Å². The minimum Gasteiger partial charge on any atom is -0.372 e. The Labute approximate surface area is 194 Å². The van der Waals surface area contributed by atoms with E-state index in [1.54, 1.807) is 18.2 Å². The first-order valence-corrected chi connectivity index (χ1v) is 13.3. The van der Waals surface area contributed by atoms with Crippen molar-refractivity contribution in [2.45, 2.75) is 48.3 Å². The van der Waals surface area contributed by atoms with Crippen LogP contribution in [0, 0.1) is 0 Å². The van der Waals surface area contributed by atoms with Crippen molar-refractivity contribution in [3.8, 4) is 0 Å². The zero-order chi connectivity index (χ0) is 22.1. The van der Waals surface area contributed by atoms with Crippen LogP contribution in [-0.2, 0) is 9.84 Å². The molecule has 168 valence electrons. The summed E-state index contributed by atoms with van der Waals surface area (Å²) in [4.78, 5) is 9.58. The van der Waals surface area contributed by atoms with Crippen LogP contribution in [0.3, 0.4) is 0 Å². The highest BCUT2D eigenvalue weighted by molar-refractivity contribution is 7.91. The summed E-state index contributed by atoms with van der Waals surface area (Å²) < 4.78 is 27.6. The average molecular weight is 470 g/mol. The van der Waals surface area contributed by atoms with Gasteiger partial charge in [-0.25, -0.2) is 8.42 Å². The quantitative estimate of drug-likeness (QED) is 0.490. The Hall–Kier alpha value is -2.31. The van der Waals surface area contributed by atoms with Crippen molar-refractivity contribution < 1.29 is 8.42 Å². The average Bonchev–Trinajstić information content (AvgIpc) is 2.84. The highest BCUT2D eigenvalue weighted by Crippen LogP contribution is 2.38. The van der Waals surface area contributed by atoms with Crippen molar-refractivity contribution in [2.24, 2.45) is 0 Å². The van der Waals surface area contributed by atoms with E-state index >= 15 is 0 Å². The number of sulfone groups is 1. The van der Waals surface area contributed by atoms with E-state index in [9.17, 15) is 8.42 Å². The fraction of sp³-hybridized carbons (Fsp3) is 0.400. The van der Waals surface area contributed by atoms with E-state index in [0.29, 0.717) is 9.92 Å². The topological polar surface area (TPSA) is 53.5 Å². The lowest BCUT2D eigenvalue weighted by molar-refractivity contribution is 0.571. The molecule has 0 atom stereocenters. The van der Waals surface area contributed by atoms with Crippen molar-refractivity contribution in [1.29, 1.82) is 0 Å². The molecule has 0 unspecified atom stereocenters. The van der Waals surface area contributed by atoms with E-state index < -0.39 is 9.84 Å². The van der Waals surface area contributed by atoms with Crippen LogP contribution in [0.25, 0.3) is 10.9 Å². The molecule has 0 N–H and O–H groups in total. The first kappa shape index (κ1) is 21.5. The predicted octanol–water partition coefficient (Wildman–Crippen LogP) is 5.70. The summed E-state index contributed by atoms with van der Waals surface area (Å²) in [5, 5.41) is 1.38. The first-order chi connectivity index (χ1) is 15.5. The molecular formula is C25H28ClN3O2S. The number of piperidine rings is 2. The minimum atomic E-state index is -3.74. The van der Waals surface area contributed by atoms with Crippen LogP contribution in [-0.4, -0.2) is 39.6 Å².